The average molecular weight is 389 g/mol. The zero-order chi connectivity index (χ0) is 20.5. The molecule has 7 nitrogen and oxygen atoms in total. The van der Waals surface area contributed by atoms with Crippen molar-refractivity contribution in [1.29, 1.82) is 0 Å². The van der Waals surface area contributed by atoms with Gasteiger partial charge in [-0.05, 0) is 25.0 Å². The topological polar surface area (TPSA) is 84.7 Å². The van der Waals surface area contributed by atoms with Crippen molar-refractivity contribution in [3.05, 3.63) is 92.1 Å². The van der Waals surface area contributed by atoms with Gasteiger partial charge in [0.25, 0.3) is 5.56 Å². The van der Waals surface area contributed by atoms with Gasteiger partial charge in [0, 0.05) is 7.05 Å². The number of imidazole rings is 1. The molecule has 2 aromatic heterocycles. The molecular formula is C22H23N5O2. The fourth-order valence-electron chi connectivity index (χ4n) is 3.51. The van der Waals surface area contributed by atoms with Gasteiger partial charge in [0.15, 0.2) is 11.2 Å². The number of benzene rings is 2. The summed E-state index contributed by atoms with van der Waals surface area (Å²) in [7, 11) is 1.61. The second kappa shape index (κ2) is 7.43. The minimum Gasteiger partial charge on any atom is -0.349 e. The first-order valence-electron chi connectivity index (χ1n) is 9.50. The van der Waals surface area contributed by atoms with Crippen molar-refractivity contribution in [2.24, 2.45) is 7.05 Å². The third kappa shape index (κ3) is 3.59. The fraction of sp³-hybridized carbons (Fsp3) is 0.227. The molecule has 0 aliphatic heterocycles. The lowest BCUT2D eigenvalue weighted by molar-refractivity contribution is 0.781. The number of hydrogen-bond acceptors (Lipinski definition) is 4. The highest BCUT2D eigenvalue weighted by atomic mass is 16.2. The van der Waals surface area contributed by atoms with E-state index in [0.717, 1.165) is 16.7 Å². The van der Waals surface area contributed by atoms with Gasteiger partial charge < -0.3 is 5.32 Å². The number of aromatic amines is 1. The molecule has 0 saturated carbocycles. The number of hydrogen-bond donors (Lipinski definition) is 2. The molecule has 7 heteroatoms. The molecule has 2 aromatic carbocycles. The maximum atomic E-state index is 12.6. The van der Waals surface area contributed by atoms with Crippen LogP contribution >= 0.6 is 0 Å². The maximum Gasteiger partial charge on any atom is 0.329 e. The van der Waals surface area contributed by atoms with Crippen molar-refractivity contribution < 1.29 is 0 Å². The molecule has 0 radical (unpaired) electrons. The Morgan fingerprint density at radius 3 is 2.59 bits per heavy atom. The summed E-state index contributed by atoms with van der Waals surface area (Å²) in [6, 6.07) is 18.1. The molecule has 2 N–H and O–H groups in total. The summed E-state index contributed by atoms with van der Waals surface area (Å²) in [6.45, 7) is 4.53. The first-order chi connectivity index (χ1) is 13.9. The first kappa shape index (κ1) is 18.7. The van der Waals surface area contributed by atoms with Gasteiger partial charge in [0.2, 0.25) is 5.95 Å². The maximum absolute atomic E-state index is 12.6. The van der Waals surface area contributed by atoms with Gasteiger partial charge in [-0.15, -0.1) is 0 Å². The predicted octanol–water partition coefficient (Wildman–Crippen LogP) is 2.95. The van der Waals surface area contributed by atoms with Crippen molar-refractivity contribution >= 4 is 17.1 Å². The lowest BCUT2D eigenvalue weighted by Gasteiger charge is -2.16. The molecule has 0 aliphatic carbocycles. The number of nitrogens with one attached hydrogen (secondary N) is 2. The summed E-state index contributed by atoms with van der Waals surface area (Å²) in [6.07, 6.45) is 0. The van der Waals surface area contributed by atoms with Gasteiger partial charge in [-0.2, -0.15) is 4.98 Å². The average Bonchev–Trinajstić information content (AvgIpc) is 3.05. The SMILES string of the molecule is Cc1cccc(Cn2c(N[C@H](C)c3ccccc3)nc3c2c(=O)[nH]c(=O)n3C)c1. The third-order valence-electron chi connectivity index (χ3n) is 5.08. The van der Waals surface area contributed by atoms with Gasteiger partial charge in [-0.25, -0.2) is 4.79 Å². The van der Waals surface area contributed by atoms with E-state index in [1.54, 1.807) is 7.05 Å². The van der Waals surface area contributed by atoms with Crippen LogP contribution in [0.25, 0.3) is 11.2 Å². The molecule has 0 fully saturated rings. The van der Waals surface area contributed by atoms with Gasteiger partial charge in [0.1, 0.15) is 0 Å². The lowest BCUT2D eigenvalue weighted by Crippen LogP contribution is -2.29. The predicted molar refractivity (Wildman–Crippen MR) is 114 cm³/mol. The van der Waals surface area contributed by atoms with Crippen LogP contribution in [0.2, 0.25) is 0 Å². The number of aryl methyl sites for hydroxylation is 2. The normalized spacial score (nSPS) is 12.2. The van der Waals surface area contributed by atoms with Crippen LogP contribution < -0.4 is 16.6 Å². The van der Waals surface area contributed by atoms with Crippen LogP contribution in [0.15, 0.2) is 64.2 Å². The largest absolute Gasteiger partial charge is 0.349 e. The van der Waals surface area contributed by atoms with Gasteiger partial charge in [-0.3, -0.25) is 18.9 Å². The Labute approximate surface area is 167 Å². The van der Waals surface area contributed by atoms with Gasteiger partial charge in [0.05, 0.1) is 12.6 Å². The standard InChI is InChI=1S/C22H23N5O2/c1-14-8-7-9-16(12-14)13-27-18-19(26(3)22(29)25-20(18)28)24-21(27)23-15(2)17-10-5-4-6-11-17/h4-12,15H,13H2,1-3H3,(H,23,24)(H,25,28,29)/t15-/m1/s1. The molecule has 0 unspecified atom stereocenters. The highest BCUT2D eigenvalue weighted by Crippen LogP contribution is 2.23. The van der Waals surface area contributed by atoms with Gasteiger partial charge >= 0.3 is 5.69 Å². The van der Waals surface area contributed by atoms with Crippen LogP contribution in [0.1, 0.15) is 29.7 Å². The molecule has 0 amide bonds. The molecule has 29 heavy (non-hydrogen) atoms. The van der Waals surface area contributed by atoms with Crippen molar-refractivity contribution in [3.63, 3.8) is 0 Å². The number of fused-ring (bicyclic) bond motifs is 1. The number of H-pyrrole nitrogens is 1. The molecule has 0 spiro atoms. The Kier molecular flexibility index (Phi) is 4.80. The van der Waals surface area contributed by atoms with E-state index in [-0.39, 0.29) is 6.04 Å². The summed E-state index contributed by atoms with van der Waals surface area (Å²) in [4.78, 5) is 31.7. The summed E-state index contributed by atoms with van der Waals surface area (Å²) < 4.78 is 3.20. The monoisotopic (exact) mass is 389 g/mol. The molecular weight excluding hydrogens is 366 g/mol. The van der Waals surface area contributed by atoms with Crippen LogP contribution in [0.4, 0.5) is 5.95 Å². The molecule has 0 bridgehead atoms. The molecule has 4 aromatic rings. The van der Waals surface area contributed by atoms with E-state index in [1.165, 1.54) is 4.57 Å². The summed E-state index contributed by atoms with van der Waals surface area (Å²) in [5, 5.41) is 3.41. The third-order valence-corrected chi connectivity index (χ3v) is 5.08. The number of nitrogens with zero attached hydrogens (tertiary/aromatic N) is 3. The number of aromatic nitrogens is 4. The molecule has 1 atom stereocenters. The van der Waals surface area contributed by atoms with Crippen molar-refractivity contribution in [2.45, 2.75) is 26.4 Å². The molecule has 4 rings (SSSR count). The van der Waals surface area contributed by atoms with E-state index < -0.39 is 11.2 Å². The highest BCUT2D eigenvalue weighted by Gasteiger charge is 2.19. The Bertz CT molecular complexity index is 1280. The smallest absolute Gasteiger partial charge is 0.329 e. The molecule has 0 saturated heterocycles. The zero-order valence-electron chi connectivity index (χ0n) is 16.6. The Morgan fingerprint density at radius 1 is 1.10 bits per heavy atom. The first-order valence-corrected chi connectivity index (χ1v) is 9.50. The van der Waals surface area contributed by atoms with E-state index >= 15 is 0 Å². The number of anilines is 1. The van der Waals surface area contributed by atoms with Crippen molar-refractivity contribution in [3.8, 4) is 0 Å². The Balaban J connectivity index is 1.86. The highest BCUT2D eigenvalue weighted by molar-refractivity contribution is 5.74. The quantitative estimate of drug-likeness (QED) is 0.550. The molecule has 2 heterocycles. The number of rotatable bonds is 5. The van der Waals surface area contributed by atoms with Crippen LogP contribution in [0.3, 0.4) is 0 Å². The second-order valence-electron chi connectivity index (χ2n) is 7.28. The van der Waals surface area contributed by atoms with E-state index in [4.69, 9.17) is 0 Å². The van der Waals surface area contributed by atoms with Crippen LogP contribution in [0, 0.1) is 6.92 Å². The van der Waals surface area contributed by atoms with E-state index in [0.29, 0.717) is 23.7 Å². The summed E-state index contributed by atoms with van der Waals surface area (Å²) in [5.74, 6) is 0.546. The van der Waals surface area contributed by atoms with Crippen LogP contribution in [-0.4, -0.2) is 19.1 Å². The minimum atomic E-state index is -0.481. The van der Waals surface area contributed by atoms with E-state index in [2.05, 4.69) is 21.4 Å². The Hall–Kier alpha value is -3.61. The lowest BCUT2D eigenvalue weighted by atomic mass is 10.1. The second-order valence-corrected chi connectivity index (χ2v) is 7.28. The van der Waals surface area contributed by atoms with E-state index in [9.17, 15) is 9.59 Å². The zero-order valence-corrected chi connectivity index (χ0v) is 16.6. The van der Waals surface area contributed by atoms with Crippen LogP contribution in [-0.2, 0) is 13.6 Å². The van der Waals surface area contributed by atoms with Crippen molar-refractivity contribution in [1.82, 2.24) is 19.1 Å². The van der Waals surface area contributed by atoms with Gasteiger partial charge in [-0.1, -0.05) is 60.2 Å². The minimum absolute atomic E-state index is 0.0274. The van der Waals surface area contributed by atoms with Crippen LogP contribution in [0.5, 0.6) is 0 Å². The van der Waals surface area contributed by atoms with Crippen molar-refractivity contribution in [2.75, 3.05) is 5.32 Å². The Morgan fingerprint density at radius 2 is 1.86 bits per heavy atom. The van der Waals surface area contributed by atoms with E-state index in [1.807, 2.05) is 66.9 Å². The molecule has 148 valence electrons. The fourth-order valence-corrected chi connectivity index (χ4v) is 3.51. The summed E-state index contributed by atoms with van der Waals surface area (Å²) in [5.41, 5.74) is 3.09. The summed E-state index contributed by atoms with van der Waals surface area (Å²) >= 11 is 0. The molecule has 0 aliphatic rings.